The zero-order valence-electron chi connectivity index (χ0n) is 12.0. The van der Waals surface area contributed by atoms with Crippen LogP contribution in [0.5, 0.6) is 5.75 Å². The van der Waals surface area contributed by atoms with Gasteiger partial charge in [0.15, 0.2) is 0 Å². The van der Waals surface area contributed by atoms with E-state index in [1.165, 1.54) is 0 Å². The van der Waals surface area contributed by atoms with Crippen molar-refractivity contribution in [1.82, 2.24) is 10.2 Å². The van der Waals surface area contributed by atoms with Crippen LogP contribution in [0.3, 0.4) is 0 Å². The molecule has 0 amide bonds. The van der Waals surface area contributed by atoms with E-state index in [0.717, 1.165) is 16.8 Å². The monoisotopic (exact) mass is 292 g/mol. The quantitative estimate of drug-likeness (QED) is 0.784. The molecule has 4 heteroatoms. The highest BCUT2D eigenvalue weighted by atomic mass is 16.5. The molecule has 3 aromatic rings. The predicted molar refractivity (Wildman–Crippen MR) is 85.5 cm³/mol. The molecule has 0 aliphatic heterocycles. The molecular formula is C18H16N2O2. The normalized spacial score (nSPS) is 10.4. The van der Waals surface area contributed by atoms with Crippen LogP contribution in [-0.4, -0.2) is 28.5 Å². The maximum atomic E-state index is 9.01. The zero-order valence-corrected chi connectivity index (χ0v) is 12.0. The first-order valence-corrected chi connectivity index (χ1v) is 7.10. The predicted octanol–water partition coefficient (Wildman–Crippen LogP) is 3.18. The number of nitrogens with zero attached hydrogens (tertiary/aromatic N) is 2. The second kappa shape index (κ2) is 6.83. The van der Waals surface area contributed by atoms with Gasteiger partial charge in [-0.1, -0.05) is 60.7 Å². The lowest BCUT2D eigenvalue weighted by molar-refractivity contribution is 0.201. The third-order valence-corrected chi connectivity index (χ3v) is 3.22. The molecule has 0 fully saturated rings. The molecule has 4 nitrogen and oxygen atoms in total. The molecule has 22 heavy (non-hydrogen) atoms. The molecule has 0 aliphatic carbocycles. The summed E-state index contributed by atoms with van der Waals surface area (Å²) in [4.78, 5) is 0. The van der Waals surface area contributed by atoms with Gasteiger partial charge in [-0.2, -0.15) is 0 Å². The lowest BCUT2D eigenvalue weighted by atomic mass is 10.1. The first-order chi connectivity index (χ1) is 10.9. The van der Waals surface area contributed by atoms with Crippen molar-refractivity contribution in [3.63, 3.8) is 0 Å². The summed E-state index contributed by atoms with van der Waals surface area (Å²) in [6.45, 7) is 0.178. The number of aliphatic hydroxyl groups is 1. The maximum absolute atomic E-state index is 9.01. The van der Waals surface area contributed by atoms with Crippen LogP contribution >= 0.6 is 0 Å². The van der Waals surface area contributed by atoms with Crippen LogP contribution in [0.25, 0.3) is 22.5 Å². The number of hydrogen-bond acceptors (Lipinski definition) is 4. The highest BCUT2D eigenvalue weighted by Gasteiger charge is 2.11. The lowest BCUT2D eigenvalue weighted by Gasteiger charge is -2.11. The van der Waals surface area contributed by atoms with Crippen LogP contribution in [0.2, 0.25) is 0 Å². The van der Waals surface area contributed by atoms with Crippen LogP contribution < -0.4 is 4.74 Å². The Morgan fingerprint density at radius 2 is 1.45 bits per heavy atom. The topological polar surface area (TPSA) is 55.2 Å². The summed E-state index contributed by atoms with van der Waals surface area (Å²) in [7, 11) is 0. The number of ether oxygens (including phenoxy) is 1. The van der Waals surface area contributed by atoms with Gasteiger partial charge < -0.3 is 9.84 Å². The molecule has 0 radical (unpaired) electrons. The molecule has 3 rings (SSSR count). The molecular weight excluding hydrogens is 276 g/mol. The van der Waals surface area contributed by atoms with E-state index in [1.807, 2.05) is 66.7 Å². The van der Waals surface area contributed by atoms with Crippen molar-refractivity contribution < 1.29 is 9.84 Å². The smallest absolute Gasteiger partial charge is 0.149 e. The average Bonchev–Trinajstić information content (AvgIpc) is 2.61. The van der Waals surface area contributed by atoms with E-state index >= 15 is 0 Å². The van der Waals surface area contributed by atoms with E-state index < -0.39 is 0 Å². The Kier molecular flexibility index (Phi) is 4.41. The standard InChI is InChI=1S/C18H16N2O2/c21-11-12-22-17-13-16(14-7-3-1-4-8-14)19-20-18(17)15-9-5-2-6-10-15/h1-10,13,21H,11-12H2. The molecule has 0 aliphatic rings. The van der Waals surface area contributed by atoms with Crippen LogP contribution in [0, 0.1) is 0 Å². The van der Waals surface area contributed by atoms with Gasteiger partial charge in [0.1, 0.15) is 18.1 Å². The van der Waals surface area contributed by atoms with Crippen LogP contribution in [0.15, 0.2) is 66.7 Å². The number of benzene rings is 2. The highest BCUT2D eigenvalue weighted by molar-refractivity contribution is 5.70. The summed E-state index contributed by atoms with van der Waals surface area (Å²) in [5, 5.41) is 17.6. The minimum absolute atomic E-state index is 0.0444. The molecule has 1 N–H and O–H groups in total. The molecule has 0 bridgehead atoms. The summed E-state index contributed by atoms with van der Waals surface area (Å²) in [6.07, 6.45) is 0. The molecule has 0 spiro atoms. The molecule has 1 heterocycles. The van der Waals surface area contributed by atoms with Gasteiger partial charge >= 0.3 is 0 Å². The molecule has 1 aromatic heterocycles. The SMILES string of the molecule is OCCOc1cc(-c2ccccc2)nnc1-c1ccccc1. The van der Waals surface area contributed by atoms with Crippen LogP contribution in [-0.2, 0) is 0 Å². The minimum atomic E-state index is -0.0444. The Bertz CT molecular complexity index is 731. The Hall–Kier alpha value is -2.72. The Labute approximate surface area is 129 Å². The van der Waals surface area contributed by atoms with Crippen molar-refractivity contribution in [2.24, 2.45) is 0 Å². The molecule has 110 valence electrons. The molecule has 0 saturated heterocycles. The summed E-state index contributed by atoms with van der Waals surface area (Å²) < 4.78 is 5.65. The van der Waals surface area contributed by atoms with Crippen molar-refractivity contribution in [2.45, 2.75) is 0 Å². The van der Waals surface area contributed by atoms with Gasteiger partial charge in [-0.25, -0.2) is 0 Å². The number of aliphatic hydroxyl groups excluding tert-OH is 1. The van der Waals surface area contributed by atoms with Crippen molar-refractivity contribution in [3.05, 3.63) is 66.7 Å². The molecule has 2 aromatic carbocycles. The third-order valence-electron chi connectivity index (χ3n) is 3.22. The van der Waals surface area contributed by atoms with Gasteiger partial charge in [-0.05, 0) is 0 Å². The van der Waals surface area contributed by atoms with Crippen molar-refractivity contribution >= 4 is 0 Å². The summed E-state index contributed by atoms with van der Waals surface area (Å²) in [6, 6.07) is 21.4. The van der Waals surface area contributed by atoms with Crippen molar-refractivity contribution in [2.75, 3.05) is 13.2 Å². The largest absolute Gasteiger partial charge is 0.489 e. The lowest BCUT2D eigenvalue weighted by Crippen LogP contribution is -2.05. The summed E-state index contributed by atoms with van der Waals surface area (Å²) in [5.41, 5.74) is 3.33. The Balaban J connectivity index is 2.04. The average molecular weight is 292 g/mol. The maximum Gasteiger partial charge on any atom is 0.149 e. The van der Waals surface area contributed by atoms with Gasteiger partial charge in [-0.15, -0.1) is 10.2 Å². The van der Waals surface area contributed by atoms with Crippen molar-refractivity contribution in [1.29, 1.82) is 0 Å². The Morgan fingerprint density at radius 3 is 2.09 bits per heavy atom. The van der Waals surface area contributed by atoms with Gasteiger partial charge in [0.05, 0.1) is 12.3 Å². The van der Waals surface area contributed by atoms with E-state index in [-0.39, 0.29) is 13.2 Å². The first-order valence-electron chi connectivity index (χ1n) is 7.10. The summed E-state index contributed by atoms with van der Waals surface area (Å²) in [5.74, 6) is 0.620. The van der Waals surface area contributed by atoms with Crippen LogP contribution in [0.4, 0.5) is 0 Å². The van der Waals surface area contributed by atoms with E-state index in [2.05, 4.69) is 10.2 Å². The van der Waals surface area contributed by atoms with E-state index in [0.29, 0.717) is 11.4 Å². The van der Waals surface area contributed by atoms with E-state index in [4.69, 9.17) is 9.84 Å². The fraction of sp³-hybridized carbons (Fsp3) is 0.111. The van der Waals surface area contributed by atoms with Crippen molar-refractivity contribution in [3.8, 4) is 28.3 Å². The minimum Gasteiger partial charge on any atom is -0.489 e. The second-order valence-electron chi connectivity index (χ2n) is 4.75. The molecule has 0 unspecified atom stereocenters. The first kappa shape index (κ1) is 14.2. The van der Waals surface area contributed by atoms with E-state index in [9.17, 15) is 0 Å². The molecule has 0 atom stereocenters. The van der Waals surface area contributed by atoms with Crippen LogP contribution in [0.1, 0.15) is 0 Å². The number of rotatable bonds is 5. The zero-order chi connectivity index (χ0) is 15.2. The summed E-state index contributed by atoms with van der Waals surface area (Å²) >= 11 is 0. The van der Waals surface area contributed by atoms with Gasteiger partial charge in [0.25, 0.3) is 0 Å². The third kappa shape index (κ3) is 3.13. The fourth-order valence-electron chi connectivity index (χ4n) is 2.19. The van der Waals surface area contributed by atoms with Gasteiger partial charge in [0, 0.05) is 17.2 Å². The van der Waals surface area contributed by atoms with Gasteiger partial charge in [0.2, 0.25) is 0 Å². The fourth-order valence-corrected chi connectivity index (χ4v) is 2.19. The Morgan fingerprint density at radius 1 is 0.818 bits per heavy atom. The number of hydrogen-bond donors (Lipinski definition) is 1. The van der Waals surface area contributed by atoms with E-state index in [1.54, 1.807) is 0 Å². The number of aromatic nitrogens is 2. The highest BCUT2D eigenvalue weighted by Crippen LogP contribution is 2.30. The molecule has 0 saturated carbocycles. The second-order valence-corrected chi connectivity index (χ2v) is 4.75. The van der Waals surface area contributed by atoms with Gasteiger partial charge in [-0.3, -0.25) is 0 Å².